The molecule has 4 saturated carbocycles. The fraction of sp³-hybridized carbons (Fsp3) is 0.618. The number of nitrogens with two attached hydrogens (primary N) is 1. The van der Waals surface area contributed by atoms with Crippen LogP contribution in [0.4, 0.5) is 0 Å². The first-order valence-electron chi connectivity index (χ1n) is 15.5. The topological polar surface area (TPSA) is 80.0 Å². The highest BCUT2D eigenvalue weighted by Crippen LogP contribution is 2.77. The first kappa shape index (κ1) is 26.1. The van der Waals surface area contributed by atoms with Crippen LogP contribution in [0.25, 0.3) is 0 Å². The highest BCUT2D eigenvalue weighted by Gasteiger charge is 2.83. The van der Waals surface area contributed by atoms with Crippen LogP contribution in [0.3, 0.4) is 0 Å². The molecule has 4 bridgehead atoms. The van der Waals surface area contributed by atoms with Gasteiger partial charge in [-0.15, -0.1) is 0 Å². The van der Waals surface area contributed by atoms with E-state index >= 15 is 0 Å². The third-order valence-electron chi connectivity index (χ3n) is 12.6. The van der Waals surface area contributed by atoms with Crippen molar-refractivity contribution in [1.29, 1.82) is 0 Å². The lowest BCUT2D eigenvalue weighted by Gasteiger charge is -2.74. The fourth-order valence-electron chi connectivity index (χ4n) is 10.7. The summed E-state index contributed by atoms with van der Waals surface area (Å²) in [6.45, 7) is 3.64. The van der Waals surface area contributed by atoms with Crippen LogP contribution in [0.1, 0.15) is 65.6 Å². The Bertz CT molecular complexity index is 1410. The molecule has 2 spiro atoms. The number of quaternary nitrogens is 1. The van der Waals surface area contributed by atoms with E-state index in [0.29, 0.717) is 24.8 Å². The quantitative estimate of drug-likeness (QED) is 0.462. The largest absolute Gasteiger partial charge is 0.493 e. The number of piperidine rings is 1. The first-order chi connectivity index (χ1) is 19.8. The molecule has 7 heteroatoms. The summed E-state index contributed by atoms with van der Waals surface area (Å²) < 4.78 is 27.4. The molecular weight excluding hydrogens is 516 g/mol. The number of hydrogen-bond donors (Lipinski definition) is 1. The molecule has 2 N–H and O–H groups in total. The van der Waals surface area contributed by atoms with Gasteiger partial charge in [0.15, 0.2) is 11.5 Å². The maximum atomic E-state index is 11.5. The molecule has 7 aliphatic rings. The van der Waals surface area contributed by atoms with Gasteiger partial charge in [-0.25, -0.2) is 0 Å². The Morgan fingerprint density at radius 2 is 1.90 bits per heavy atom. The molecule has 1 saturated heterocycles. The summed E-state index contributed by atoms with van der Waals surface area (Å²) in [7, 11) is 6.23. The van der Waals surface area contributed by atoms with Gasteiger partial charge in [-0.05, 0) is 61.4 Å². The van der Waals surface area contributed by atoms with E-state index < -0.39 is 11.5 Å². The molecule has 7 atom stereocenters. The van der Waals surface area contributed by atoms with Crippen molar-refractivity contribution in [2.75, 3.05) is 41.0 Å². The number of amides is 1. The minimum absolute atomic E-state index is 0.0338. The monoisotopic (exact) mass is 559 g/mol. The second-order valence-corrected chi connectivity index (χ2v) is 14.2. The summed E-state index contributed by atoms with van der Waals surface area (Å²) >= 11 is 0. The van der Waals surface area contributed by atoms with Gasteiger partial charge in [0, 0.05) is 48.3 Å². The van der Waals surface area contributed by atoms with E-state index in [1.54, 1.807) is 19.2 Å². The van der Waals surface area contributed by atoms with E-state index in [1.165, 1.54) is 48.0 Å². The van der Waals surface area contributed by atoms with Gasteiger partial charge < -0.3 is 29.2 Å². The minimum Gasteiger partial charge on any atom is -0.493 e. The van der Waals surface area contributed by atoms with Crippen molar-refractivity contribution < 1.29 is 28.2 Å². The van der Waals surface area contributed by atoms with Gasteiger partial charge in [-0.2, -0.15) is 0 Å². The molecule has 5 fully saturated rings. The second kappa shape index (κ2) is 8.71. The predicted molar refractivity (Wildman–Crippen MR) is 154 cm³/mol. The average molecular weight is 560 g/mol. The molecule has 0 unspecified atom stereocenters. The molecule has 0 radical (unpaired) electrons. The number of carbonyl (C=O) groups excluding carboxylic acids is 1. The Labute approximate surface area is 242 Å². The molecule has 9 rings (SSSR count). The third kappa shape index (κ3) is 3.29. The predicted octanol–water partition coefficient (Wildman–Crippen LogP) is 4.38. The number of nitrogens with zero attached hydrogens (tertiary/aromatic N) is 1. The van der Waals surface area contributed by atoms with E-state index in [2.05, 4.69) is 19.2 Å². The number of methoxy groups -OCH3 is 2. The maximum Gasteiger partial charge on any atom is 0.248 e. The van der Waals surface area contributed by atoms with Crippen LogP contribution in [0.5, 0.6) is 11.5 Å². The SMILES string of the molecule is COc1ccc2c3c1O[C@H]1[C@@]4(OC)CC[C@@]5(C[C@@H]4COCc4ccc(C(N)=O)cc4)[C@@H](C2)[N@@+](C)(CC2CC2)CC[C@]315. The Hall–Kier alpha value is -2.61. The Balaban J connectivity index is 1.18. The van der Waals surface area contributed by atoms with E-state index in [4.69, 9.17) is 24.7 Å². The number of ether oxygens (including phenoxy) is 4. The van der Waals surface area contributed by atoms with Crippen molar-refractivity contribution in [3.8, 4) is 11.5 Å². The molecule has 41 heavy (non-hydrogen) atoms. The zero-order valence-electron chi connectivity index (χ0n) is 24.6. The molecule has 1 amide bonds. The lowest BCUT2D eigenvalue weighted by molar-refractivity contribution is -0.952. The summed E-state index contributed by atoms with van der Waals surface area (Å²) in [4.78, 5) is 11.5. The maximum absolute atomic E-state index is 11.5. The summed E-state index contributed by atoms with van der Waals surface area (Å²) in [5.74, 6) is 2.56. The van der Waals surface area contributed by atoms with Crippen molar-refractivity contribution >= 4 is 5.91 Å². The van der Waals surface area contributed by atoms with Crippen LogP contribution in [0.2, 0.25) is 0 Å². The lowest BCUT2D eigenvalue weighted by Crippen LogP contribution is -2.83. The van der Waals surface area contributed by atoms with Crippen molar-refractivity contribution in [2.45, 2.75) is 74.7 Å². The number of benzene rings is 2. The fourth-order valence-corrected chi connectivity index (χ4v) is 10.7. The normalized spacial score (nSPS) is 39.2. The Morgan fingerprint density at radius 3 is 2.61 bits per heavy atom. The highest BCUT2D eigenvalue weighted by molar-refractivity contribution is 5.92. The van der Waals surface area contributed by atoms with E-state index in [9.17, 15) is 4.79 Å². The first-order valence-corrected chi connectivity index (χ1v) is 15.5. The van der Waals surface area contributed by atoms with Crippen LogP contribution in [0.15, 0.2) is 36.4 Å². The summed E-state index contributed by atoms with van der Waals surface area (Å²) in [5, 5.41) is 0. The summed E-state index contributed by atoms with van der Waals surface area (Å²) in [5.41, 5.74) is 9.63. The summed E-state index contributed by atoms with van der Waals surface area (Å²) in [6.07, 6.45) is 8.32. The molecule has 7 nitrogen and oxygen atoms in total. The molecule has 2 aromatic rings. The van der Waals surface area contributed by atoms with E-state index in [0.717, 1.165) is 48.7 Å². The molecule has 2 aliphatic heterocycles. The number of primary amides is 1. The number of likely N-dealkylation sites (tertiary alicyclic amines) is 1. The number of hydrogen-bond acceptors (Lipinski definition) is 5. The van der Waals surface area contributed by atoms with Crippen LogP contribution < -0.4 is 15.2 Å². The number of fused-ring (bicyclic) bond motifs is 2. The number of likely N-dealkylation sites (N-methyl/N-ethyl adjacent to an activating group) is 1. The zero-order chi connectivity index (χ0) is 28.2. The van der Waals surface area contributed by atoms with Crippen LogP contribution in [0, 0.1) is 17.3 Å². The van der Waals surface area contributed by atoms with Gasteiger partial charge in [0.05, 0.1) is 51.9 Å². The number of carbonyl (C=O) groups is 1. The lowest BCUT2D eigenvalue weighted by atomic mass is 9.34. The van der Waals surface area contributed by atoms with E-state index in [1.807, 2.05) is 19.2 Å². The second-order valence-electron chi connectivity index (χ2n) is 14.2. The van der Waals surface area contributed by atoms with Crippen LogP contribution in [-0.4, -0.2) is 69.1 Å². The Morgan fingerprint density at radius 1 is 1.10 bits per heavy atom. The van der Waals surface area contributed by atoms with Gasteiger partial charge >= 0.3 is 0 Å². The van der Waals surface area contributed by atoms with Gasteiger partial charge in [0.25, 0.3) is 0 Å². The van der Waals surface area contributed by atoms with Crippen molar-refractivity contribution in [3.63, 3.8) is 0 Å². The molecule has 2 heterocycles. The molecule has 218 valence electrons. The van der Waals surface area contributed by atoms with Crippen molar-refractivity contribution in [2.24, 2.45) is 23.0 Å². The van der Waals surface area contributed by atoms with Gasteiger partial charge in [0.1, 0.15) is 11.7 Å². The standard InChI is InChI=1S/C34H42N2O5/c1-36(18-21-4-5-21)15-14-33-28-24-10-11-26(38-2)29(28)41-31(33)34(39-3)13-12-32(33,27(36)16-24)17-25(34)20-40-19-22-6-8-23(9-7-22)30(35)37/h6-11,21,25,27,31H,4-5,12-20H2,1-3H3,(H-,35,37)/p+1/t25-,27-,31-,32-,33+,34-,36-/m1/s1. The molecular formula is C34H43N2O5+. The third-order valence-corrected chi connectivity index (χ3v) is 12.6. The molecule has 0 aromatic heterocycles. The van der Waals surface area contributed by atoms with Gasteiger partial charge in [0.2, 0.25) is 5.91 Å². The molecule has 5 aliphatic carbocycles. The van der Waals surface area contributed by atoms with Gasteiger partial charge in [-0.3, -0.25) is 4.79 Å². The van der Waals surface area contributed by atoms with Crippen molar-refractivity contribution in [1.82, 2.24) is 0 Å². The minimum atomic E-state index is -0.409. The smallest absolute Gasteiger partial charge is 0.248 e. The average Bonchev–Trinajstić information content (AvgIpc) is 3.71. The van der Waals surface area contributed by atoms with Gasteiger partial charge in [-0.1, -0.05) is 18.2 Å². The molecule has 2 aromatic carbocycles. The van der Waals surface area contributed by atoms with Crippen LogP contribution >= 0.6 is 0 Å². The highest BCUT2D eigenvalue weighted by atomic mass is 16.6. The summed E-state index contributed by atoms with van der Waals surface area (Å²) in [6, 6.07) is 12.5. The van der Waals surface area contributed by atoms with E-state index in [-0.39, 0.29) is 22.9 Å². The Kier molecular flexibility index (Phi) is 5.53. The van der Waals surface area contributed by atoms with Crippen LogP contribution in [-0.2, 0) is 27.9 Å². The van der Waals surface area contributed by atoms with Crippen molar-refractivity contribution in [3.05, 3.63) is 58.7 Å². The zero-order valence-corrected chi connectivity index (χ0v) is 24.6. The number of rotatable bonds is 9.